The molecule has 0 aliphatic carbocycles. The van der Waals surface area contributed by atoms with Crippen molar-refractivity contribution in [1.82, 2.24) is 0 Å². The normalized spacial score (nSPS) is 11.8. The van der Waals surface area contributed by atoms with Crippen LogP contribution in [0.2, 0.25) is 18.1 Å². The molecule has 0 spiro atoms. The first-order valence-electron chi connectivity index (χ1n) is 7.04. The summed E-state index contributed by atoms with van der Waals surface area (Å²) in [4.78, 5) is 10.5. The van der Waals surface area contributed by atoms with Crippen LogP contribution < -0.4 is 4.74 Å². The Morgan fingerprint density at radius 3 is 2.45 bits per heavy atom. The topological polar surface area (TPSA) is 85.4 Å². The van der Waals surface area contributed by atoms with E-state index in [9.17, 15) is 10.1 Å². The molecule has 120 valence electrons. The maximum Gasteiger partial charge on any atom is 0.312 e. The van der Waals surface area contributed by atoms with Gasteiger partial charge in [-0.2, -0.15) is 5.26 Å². The quantitative estimate of drug-likeness (QED) is 0.343. The second kappa shape index (κ2) is 6.90. The van der Waals surface area contributed by atoms with Gasteiger partial charge in [-0.05, 0) is 30.3 Å². The summed E-state index contributed by atoms with van der Waals surface area (Å²) < 4.78 is 11.4. The average Bonchev–Trinajstić information content (AvgIpc) is 2.42. The molecule has 0 N–H and O–H groups in total. The predicted octanol–water partition coefficient (Wildman–Crippen LogP) is 3.87. The number of rotatable bonds is 6. The van der Waals surface area contributed by atoms with Crippen LogP contribution in [0.25, 0.3) is 0 Å². The summed E-state index contributed by atoms with van der Waals surface area (Å²) in [5.74, 6) is 0.155. The number of hydrogen-bond donors (Lipinski definition) is 0. The van der Waals surface area contributed by atoms with Crippen molar-refractivity contribution < 1.29 is 14.1 Å². The van der Waals surface area contributed by atoms with Gasteiger partial charge in [0.2, 0.25) is 0 Å². The molecule has 0 saturated heterocycles. The summed E-state index contributed by atoms with van der Waals surface area (Å²) in [5.41, 5.74) is 0.0305. The molecular weight excluding hydrogens is 300 g/mol. The molecule has 0 saturated carbocycles. The van der Waals surface area contributed by atoms with Crippen molar-refractivity contribution in [2.45, 2.75) is 38.9 Å². The van der Waals surface area contributed by atoms with E-state index in [1.807, 2.05) is 6.07 Å². The van der Waals surface area contributed by atoms with Crippen molar-refractivity contribution in [1.29, 1.82) is 5.26 Å². The van der Waals surface area contributed by atoms with Crippen molar-refractivity contribution in [2.24, 2.45) is 0 Å². The van der Waals surface area contributed by atoms with E-state index in [-0.39, 0.29) is 28.6 Å². The SMILES string of the molecule is CC(C)(C)[Si](C)(C)OCCOc1ccc(C#N)cc1[N+](=O)[O-]. The highest BCUT2D eigenvalue weighted by Crippen LogP contribution is 2.36. The zero-order valence-electron chi connectivity index (χ0n) is 13.7. The molecular formula is C15H22N2O4Si. The fraction of sp³-hybridized carbons (Fsp3) is 0.533. The van der Waals surface area contributed by atoms with Crippen LogP contribution in [0.15, 0.2) is 18.2 Å². The summed E-state index contributed by atoms with van der Waals surface area (Å²) >= 11 is 0. The molecule has 7 heteroatoms. The number of benzene rings is 1. The molecule has 0 fully saturated rings. The van der Waals surface area contributed by atoms with Crippen LogP contribution >= 0.6 is 0 Å². The molecule has 6 nitrogen and oxygen atoms in total. The lowest BCUT2D eigenvalue weighted by Crippen LogP contribution is -2.41. The van der Waals surface area contributed by atoms with Gasteiger partial charge in [-0.25, -0.2) is 0 Å². The van der Waals surface area contributed by atoms with Gasteiger partial charge in [0, 0.05) is 6.07 Å². The van der Waals surface area contributed by atoms with Crippen LogP contribution in [-0.2, 0) is 4.43 Å². The van der Waals surface area contributed by atoms with Crippen molar-refractivity contribution in [3.05, 3.63) is 33.9 Å². The zero-order valence-corrected chi connectivity index (χ0v) is 14.7. The smallest absolute Gasteiger partial charge is 0.312 e. The highest BCUT2D eigenvalue weighted by molar-refractivity contribution is 6.74. The van der Waals surface area contributed by atoms with Crippen LogP contribution in [0.4, 0.5) is 5.69 Å². The van der Waals surface area contributed by atoms with Gasteiger partial charge in [0.25, 0.3) is 0 Å². The van der Waals surface area contributed by atoms with Crippen molar-refractivity contribution in [3.8, 4) is 11.8 Å². The first-order valence-corrected chi connectivity index (χ1v) is 9.94. The molecule has 0 aliphatic heterocycles. The second-order valence-electron chi connectivity index (χ2n) is 6.51. The fourth-order valence-corrected chi connectivity index (χ4v) is 2.54. The summed E-state index contributed by atoms with van der Waals surface area (Å²) in [5, 5.41) is 19.9. The molecule has 0 radical (unpaired) electrons. The van der Waals surface area contributed by atoms with Crippen LogP contribution in [0.3, 0.4) is 0 Å². The second-order valence-corrected chi connectivity index (χ2v) is 11.3. The molecule has 0 aromatic heterocycles. The lowest BCUT2D eigenvalue weighted by atomic mass is 10.2. The summed E-state index contributed by atoms with van der Waals surface area (Å²) in [6.45, 7) is 11.3. The van der Waals surface area contributed by atoms with Gasteiger partial charge < -0.3 is 9.16 Å². The van der Waals surface area contributed by atoms with E-state index in [1.54, 1.807) is 0 Å². The summed E-state index contributed by atoms with van der Waals surface area (Å²) in [6.07, 6.45) is 0. The first kappa shape index (κ1) is 18.1. The first-order chi connectivity index (χ1) is 10.1. The summed E-state index contributed by atoms with van der Waals surface area (Å²) in [7, 11) is -1.85. The zero-order chi connectivity index (χ0) is 17.0. The Hall–Kier alpha value is -1.91. The maximum absolute atomic E-state index is 11.0. The Labute approximate surface area is 131 Å². The molecule has 1 aromatic carbocycles. The molecule has 1 rings (SSSR count). The fourth-order valence-electron chi connectivity index (χ4n) is 1.52. The third-order valence-corrected chi connectivity index (χ3v) is 8.43. The number of nitro benzene ring substituents is 1. The molecule has 0 heterocycles. The van der Waals surface area contributed by atoms with Crippen LogP contribution in [0, 0.1) is 21.4 Å². The van der Waals surface area contributed by atoms with Crippen molar-refractivity contribution in [2.75, 3.05) is 13.2 Å². The molecule has 0 bridgehead atoms. The predicted molar refractivity (Wildman–Crippen MR) is 86.5 cm³/mol. The van der Waals surface area contributed by atoms with Gasteiger partial charge >= 0.3 is 5.69 Å². The summed E-state index contributed by atoms with van der Waals surface area (Å²) in [6, 6.07) is 6.03. The minimum absolute atomic E-state index is 0.105. The van der Waals surface area contributed by atoms with E-state index in [0.29, 0.717) is 6.61 Å². The third-order valence-electron chi connectivity index (χ3n) is 3.89. The van der Waals surface area contributed by atoms with Gasteiger partial charge in [0.05, 0.1) is 23.2 Å². The van der Waals surface area contributed by atoms with Gasteiger partial charge in [-0.1, -0.05) is 20.8 Å². The van der Waals surface area contributed by atoms with Crippen LogP contribution in [0.5, 0.6) is 5.75 Å². The molecule has 0 atom stereocenters. The highest BCUT2D eigenvalue weighted by Gasteiger charge is 2.36. The highest BCUT2D eigenvalue weighted by atomic mass is 28.4. The van der Waals surface area contributed by atoms with Gasteiger partial charge in [-0.3, -0.25) is 10.1 Å². The molecule has 1 aromatic rings. The Morgan fingerprint density at radius 1 is 1.32 bits per heavy atom. The van der Waals surface area contributed by atoms with E-state index >= 15 is 0 Å². The third kappa shape index (κ3) is 4.54. The van der Waals surface area contributed by atoms with Crippen molar-refractivity contribution >= 4 is 14.0 Å². The Bertz CT molecular complexity index is 588. The molecule has 0 unspecified atom stereocenters. The van der Waals surface area contributed by atoms with E-state index < -0.39 is 13.2 Å². The Kier molecular flexibility index (Phi) is 5.69. The molecule has 22 heavy (non-hydrogen) atoms. The van der Waals surface area contributed by atoms with Gasteiger partial charge in [0.15, 0.2) is 14.1 Å². The Balaban J connectivity index is 2.67. The number of ether oxygens (including phenoxy) is 1. The van der Waals surface area contributed by atoms with Crippen molar-refractivity contribution in [3.63, 3.8) is 0 Å². The average molecular weight is 322 g/mol. The molecule has 0 amide bonds. The maximum atomic E-state index is 11.0. The van der Waals surface area contributed by atoms with E-state index in [0.717, 1.165) is 0 Å². The number of nitro groups is 1. The number of hydrogen-bond acceptors (Lipinski definition) is 5. The monoisotopic (exact) mass is 322 g/mol. The van der Waals surface area contributed by atoms with E-state index in [4.69, 9.17) is 14.4 Å². The number of nitriles is 1. The van der Waals surface area contributed by atoms with Crippen LogP contribution in [0.1, 0.15) is 26.3 Å². The van der Waals surface area contributed by atoms with Gasteiger partial charge in [0.1, 0.15) is 6.61 Å². The van der Waals surface area contributed by atoms with E-state index in [2.05, 4.69) is 33.9 Å². The molecule has 0 aliphatic rings. The Morgan fingerprint density at radius 2 is 1.95 bits per heavy atom. The van der Waals surface area contributed by atoms with Crippen LogP contribution in [-0.4, -0.2) is 26.5 Å². The minimum Gasteiger partial charge on any atom is -0.484 e. The number of nitrogens with zero attached hydrogens (tertiary/aromatic N) is 2. The lowest BCUT2D eigenvalue weighted by Gasteiger charge is -2.36. The largest absolute Gasteiger partial charge is 0.484 e. The van der Waals surface area contributed by atoms with Gasteiger partial charge in [-0.15, -0.1) is 0 Å². The minimum atomic E-state index is -1.85. The van der Waals surface area contributed by atoms with E-state index in [1.165, 1.54) is 18.2 Å². The lowest BCUT2D eigenvalue weighted by molar-refractivity contribution is -0.385. The standard InChI is InChI=1S/C15H22N2O4Si/c1-15(2,3)22(4,5)21-9-8-20-14-7-6-12(11-16)10-13(14)17(18)19/h6-7,10H,8-9H2,1-5H3.